The number of nitrogens with one attached hydrogen (secondary N) is 1. The fourth-order valence-corrected chi connectivity index (χ4v) is 6.51. The Bertz CT molecular complexity index is 1390. The van der Waals surface area contributed by atoms with E-state index < -0.39 is 15.9 Å². The summed E-state index contributed by atoms with van der Waals surface area (Å²) in [5.74, 6) is -0.502. The van der Waals surface area contributed by atoms with Crippen LogP contribution in [0.1, 0.15) is 41.4 Å². The zero-order chi connectivity index (χ0) is 25.6. The van der Waals surface area contributed by atoms with Crippen molar-refractivity contribution in [2.75, 3.05) is 27.4 Å². The number of nitrogens with zero attached hydrogens (tertiary/aromatic N) is 3. The molecule has 10 nitrogen and oxygen atoms in total. The Kier molecular flexibility index (Phi) is 6.00. The number of hydrogen-bond acceptors (Lipinski definition) is 8. The summed E-state index contributed by atoms with van der Waals surface area (Å²) in [6.07, 6.45) is 5.29. The summed E-state index contributed by atoms with van der Waals surface area (Å²) < 4.78 is 46.5. The number of benzene rings is 1. The van der Waals surface area contributed by atoms with Gasteiger partial charge in [0.25, 0.3) is 15.9 Å². The molecule has 3 aromatic rings. The molecule has 1 spiro atoms. The minimum Gasteiger partial charge on any atom is -0.495 e. The monoisotopic (exact) mass is 512 g/mol. The fraction of sp³-hybridized carbons (Fsp3) is 0.400. The number of methoxy groups -OCH3 is 2. The van der Waals surface area contributed by atoms with Crippen molar-refractivity contribution in [3.63, 3.8) is 0 Å². The quantitative estimate of drug-likeness (QED) is 0.489. The van der Waals surface area contributed by atoms with E-state index in [1.54, 1.807) is 41.3 Å². The topological polar surface area (TPSA) is 122 Å². The summed E-state index contributed by atoms with van der Waals surface area (Å²) in [6, 6.07) is 10.0. The lowest BCUT2D eigenvalue weighted by Gasteiger charge is -2.59. The maximum atomic E-state index is 13.3. The molecule has 2 aliphatic rings. The summed E-state index contributed by atoms with van der Waals surface area (Å²) in [5, 5.41) is 4.15. The van der Waals surface area contributed by atoms with Crippen molar-refractivity contribution in [3.8, 4) is 11.6 Å². The van der Waals surface area contributed by atoms with Crippen LogP contribution in [-0.2, 0) is 26.7 Å². The van der Waals surface area contributed by atoms with Crippen molar-refractivity contribution in [2.24, 2.45) is 5.41 Å². The first-order valence-corrected chi connectivity index (χ1v) is 13.0. The van der Waals surface area contributed by atoms with Crippen LogP contribution >= 0.6 is 0 Å². The summed E-state index contributed by atoms with van der Waals surface area (Å²) in [6.45, 7) is 4.00. The first kappa shape index (κ1) is 24.3. The van der Waals surface area contributed by atoms with Crippen LogP contribution in [0.15, 0.2) is 53.7 Å². The van der Waals surface area contributed by atoms with Crippen LogP contribution in [0.2, 0.25) is 0 Å². The van der Waals surface area contributed by atoms with Gasteiger partial charge in [-0.3, -0.25) is 9.48 Å². The second-order valence-corrected chi connectivity index (χ2v) is 11.4. The van der Waals surface area contributed by atoms with Gasteiger partial charge in [-0.05, 0) is 54.2 Å². The van der Waals surface area contributed by atoms with Crippen molar-refractivity contribution in [1.29, 1.82) is 0 Å². The highest BCUT2D eigenvalue weighted by atomic mass is 32.2. The Hall–Kier alpha value is -3.44. The summed E-state index contributed by atoms with van der Waals surface area (Å²) in [4.78, 5) is 17.1. The average molecular weight is 513 g/mol. The molecule has 1 aliphatic carbocycles. The van der Waals surface area contributed by atoms with E-state index in [-0.39, 0.29) is 33.0 Å². The summed E-state index contributed by atoms with van der Waals surface area (Å²) >= 11 is 0. The summed E-state index contributed by atoms with van der Waals surface area (Å²) in [5.41, 5.74) is 1.53. The van der Waals surface area contributed by atoms with E-state index in [0.29, 0.717) is 12.1 Å². The highest BCUT2D eigenvalue weighted by Crippen LogP contribution is 2.59. The van der Waals surface area contributed by atoms with Crippen LogP contribution in [0, 0.1) is 5.41 Å². The number of pyridine rings is 1. The van der Waals surface area contributed by atoms with E-state index in [0.717, 1.165) is 31.6 Å². The zero-order valence-electron chi connectivity index (χ0n) is 20.4. The minimum atomic E-state index is -4.25. The van der Waals surface area contributed by atoms with Crippen LogP contribution in [0.5, 0.6) is 11.6 Å². The Balaban J connectivity index is 1.38. The maximum absolute atomic E-state index is 13.3. The molecule has 1 aromatic carbocycles. The van der Waals surface area contributed by atoms with Crippen LogP contribution in [0.3, 0.4) is 0 Å². The number of rotatable bonds is 8. The number of carbonyl (C=O) groups is 1. The van der Waals surface area contributed by atoms with Crippen LogP contribution in [0.4, 0.5) is 0 Å². The molecule has 3 heterocycles. The van der Waals surface area contributed by atoms with Gasteiger partial charge >= 0.3 is 0 Å². The van der Waals surface area contributed by atoms with Gasteiger partial charge in [0, 0.05) is 23.4 Å². The molecular formula is C25H28N4O6S. The Morgan fingerprint density at radius 3 is 2.56 bits per heavy atom. The lowest BCUT2D eigenvalue weighted by atomic mass is 9.50. The largest absolute Gasteiger partial charge is 0.495 e. The Labute approximate surface area is 209 Å². The Morgan fingerprint density at radius 1 is 1.17 bits per heavy atom. The predicted molar refractivity (Wildman–Crippen MR) is 130 cm³/mol. The van der Waals surface area contributed by atoms with Gasteiger partial charge in [-0.2, -0.15) is 5.10 Å². The molecular weight excluding hydrogens is 484 g/mol. The molecule has 0 bridgehead atoms. The molecule has 1 aliphatic heterocycles. The smallest absolute Gasteiger partial charge is 0.283 e. The van der Waals surface area contributed by atoms with Gasteiger partial charge in [0.15, 0.2) is 0 Å². The highest BCUT2D eigenvalue weighted by molar-refractivity contribution is 7.90. The normalized spacial score (nSPS) is 17.6. The van der Waals surface area contributed by atoms with Crippen molar-refractivity contribution in [3.05, 3.63) is 65.6 Å². The third-order valence-electron chi connectivity index (χ3n) is 6.98. The molecule has 0 radical (unpaired) electrons. The average Bonchev–Trinajstić information content (AvgIpc) is 3.33. The fourth-order valence-electron chi connectivity index (χ4n) is 5.36. The van der Waals surface area contributed by atoms with Gasteiger partial charge in [0.05, 0.1) is 34.0 Å². The molecule has 11 heteroatoms. The summed E-state index contributed by atoms with van der Waals surface area (Å²) in [7, 11) is -1.42. The van der Waals surface area contributed by atoms with Gasteiger partial charge in [-0.25, -0.2) is 18.1 Å². The first-order valence-electron chi connectivity index (χ1n) is 11.5. The zero-order valence-corrected chi connectivity index (χ0v) is 21.2. The second-order valence-electron chi connectivity index (χ2n) is 9.78. The molecule has 0 unspecified atom stereocenters. The van der Waals surface area contributed by atoms with Crippen molar-refractivity contribution < 1.29 is 27.4 Å². The van der Waals surface area contributed by atoms with Gasteiger partial charge in [-0.15, -0.1) is 0 Å². The van der Waals surface area contributed by atoms with E-state index in [2.05, 4.69) is 21.7 Å². The van der Waals surface area contributed by atoms with E-state index in [4.69, 9.17) is 14.2 Å². The molecule has 1 amide bonds. The lowest BCUT2D eigenvalue weighted by molar-refractivity contribution is -0.185. The molecule has 1 saturated carbocycles. The highest BCUT2D eigenvalue weighted by Gasteiger charge is 2.56. The van der Waals surface area contributed by atoms with Crippen LogP contribution < -0.4 is 14.2 Å². The molecule has 190 valence electrons. The number of sulfonamides is 1. The van der Waals surface area contributed by atoms with Gasteiger partial charge in [-0.1, -0.05) is 13.0 Å². The van der Waals surface area contributed by atoms with Crippen LogP contribution in [-0.4, -0.2) is 56.5 Å². The van der Waals surface area contributed by atoms with Gasteiger partial charge in [0.1, 0.15) is 16.3 Å². The third-order valence-corrected chi connectivity index (χ3v) is 8.33. The molecule has 2 fully saturated rings. The van der Waals surface area contributed by atoms with Gasteiger partial charge in [0.2, 0.25) is 5.88 Å². The maximum Gasteiger partial charge on any atom is 0.283 e. The Morgan fingerprint density at radius 2 is 1.94 bits per heavy atom. The SMILES string of the molecule is COc1ccc(C2(C)CC3(COC3)C2)cc1S(=O)(=O)NC(=O)c1ccc(Cn2cccn2)c(OC)n1. The predicted octanol–water partition coefficient (Wildman–Crippen LogP) is 2.53. The molecule has 1 N–H and O–H groups in total. The molecule has 1 saturated heterocycles. The number of hydrogen-bond donors (Lipinski definition) is 1. The first-order chi connectivity index (χ1) is 17.2. The number of aromatic nitrogens is 3. The molecule has 2 aromatic heterocycles. The molecule has 5 rings (SSSR count). The van der Waals surface area contributed by atoms with E-state index in [1.165, 1.54) is 20.3 Å². The second kappa shape index (κ2) is 8.90. The number of ether oxygens (including phenoxy) is 3. The number of amides is 1. The van der Waals surface area contributed by atoms with E-state index in [1.807, 2.05) is 6.07 Å². The van der Waals surface area contributed by atoms with E-state index in [9.17, 15) is 13.2 Å². The minimum absolute atomic E-state index is 0.0901. The van der Waals surface area contributed by atoms with Crippen LogP contribution in [0.25, 0.3) is 0 Å². The van der Waals surface area contributed by atoms with E-state index >= 15 is 0 Å². The standard InChI is InChI=1S/C25H28N4O6S/c1-24(13-25(14-24)15-35-16-25)18-6-8-20(33-2)21(11-18)36(31,32)28-22(30)19-7-5-17(23(27-19)34-3)12-29-10-4-9-26-29/h4-11H,12-16H2,1-3H3,(H,28,30). The lowest BCUT2D eigenvalue weighted by Crippen LogP contribution is -2.58. The van der Waals surface area contributed by atoms with Crippen molar-refractivity contribution >= 4 is 15.9 Å². The van der Waals surface area contributed by atoms with Crippen molar-refractivity contribution in [2.45, 2.75) is 36.6 Å². The molecule has 36 heavy (non-hydrogen) atoms. The van der Waals surface area contributed by atoms with Gasteiger partial charge < -0.3 is 14.2 Å². The number of carbonyl (C=O) groups excluding carboxylic acids is 1. The van der Waals surface area contributed by atoms with Crippen molar-refractivity contribution in [1.82, 2.24) is 19.5 Å². The third kappa shape index (κ3) is 4.33. The molecule has 0 atom stereocenters.